The third-order valence-electron chi connectivity index (χ3n) is 2.66. The lowest BCUT2D eigenvalue weighted by atomic mass is 10.1. The number of hydrogen-bond donors (Lipinski definition) is 1. The van der Waals surface area contributed by atoms with Crippen LogP contribution < -0.4 is 10.6 Å². The van der Waals surface area contributed by atoms with Gasteiger partial charge in [-0.1, -0.05) is 0 Å². The molecule has 1 aliphatic heterocycles. The Balaban J connectivity index is 2.24. The van der Waals surface area contributed by atoms with Gasteiger partial charge in [0.1, 0.15) is 4.60 Å². The number of methoxy groups -OCH3 is 1. The monoisotopic (exact) mass is 314 g/mol. The van der Waals surface area contributed by atoms with Crippen molar-refractivity contribution in [3.05, 3.63) is 10.8 Å². The lowest BCUT2D eigenvalue weighted by molar-refractivity contribution is -0.145. The number of carbonyl (C=O) groups excluding carboxylic acids is 2. The number of rotatable bonds is 2. The Bertz CT molecular complexity index is 508. The van der Waals surface area contributed by atoms with Crippen molar-refractivity contribution in [3.8, 4) is 0 Å². The number of anilines is 2. The molecule has 1 aromatic heterocycles. The molecule has 0 bridgehead atoms. The molecule has 0 aliphatic carbocycles. The summed E-state index contributed by atoms with van der Waals surface area (Å²) in [5.41, 5.74) is 5.70. The van der Waals surface area contributed by atoms with Gasteiger partial charge in [-0.25, -0.2) is 9.97 Å². The molecule has 1 atom stereocenters. The Morgan fingerprint density at radius 3 is 3.00 bits per heavy atom. The van der Waals surface area contributed by atoms with E-state index in [9.17, 15) is 9.59 Å². The van der Waals surface area contributed by atoms with Gasteiger partial charge in [-0.3, -0.25) is 14.5 Å². The summed E-state index contributed by atoms with van der Waals surface area (Å²) >= 11 is 3.14. The quantitative estimate of drug-likeness (QED) is 0.791. The second kappa shape index (κ2) is 4.89. The molecular formula is C10H11BrN4O3. The predicted octanol–water partition coefficient (Wildman–Crippen LogP) is 0.347. The minimum Gasteiger partial charge on any atom is -0.469 e. The Morgan fingerprint density at radius 2 is 2.39 bits per heavy atom. The standard InChI is InChI=1S/C10H11BrN4O3/c1-18-10(17)5-2-7(16)15(4-5)9-8(12)14-6(11)3-13-9/h3,5H,2,4H2,1H3,(H2,12,14). The van der Waals surface area contributed by atoms with Gasteiger partial charge >= 0.3 is 5.97 Å². The maximum absolute atomic E-state index is 11.8. The topological polar surface area (TPSA) is 98.4 Å². The summed E-state index contributed by atoms with van der Waals surface area (Å²) in [6.07, 6.45) is 1.55. The van der Waals surface area contributed by atoms with Gasteiger partial charge in [0.2, 0.25) is 5.91 Å². The van der Waals surface area contributed by atoms with E-state index < -0.39 is 11.9 Å². The normalized spacial score (nSPS) is 19.1. The smallest absolute Gasteiger partial charge is 0.311 e. The highest BCUT2D eigenvalue weighted by molar-refractivity contribution is 9.10. The number of nitrogens with zero attached hydrogens (tertiary/aromatic N) is 3. The van der Waals surface area contributed by atoms with Crippen LogP contribution in [0.25, 0.3) is 0 Å². The van der Waals surface area contributed by atoms with E-state index >= 15 is 0 Å². The Labute approximate surface area is 111 Å². The third kappa shape index (κ3) is 2.28. The predicted molar refractivity (Wildman–Crippen MR) is 66.6 cm³/mol. The van der Waals surface area contributed by atoms with Crippen LogP contribution in [0.4, 0.5) is 11.6 Å². The molecule has 1 aliphatic rings. The summed E-state index contributed by atoms with van der Waals surface area (Å²) in [6.45, 7) is 0.214. The molecule has 2 heterocycles. The van der Waals surface area contributed by atoms with Crippen LogP contribution in [-0.4, -0.2) is 35.5 Å². The number of hydrogen-bond acceptors (Lipinski definition) is 6. The van der Waals surface area contributed by atoms with Gasteiger partial charge < -0.3 is 10.5 Å². The van der Waals surface area contributed by atoms with Gasteiger partial charge in [-0.15, -0.1) is 0 Å². The Kier molecular flexibility index (Phi) is 3.46. The number of esters is 1. The van der Waals surface area contributed by atoms with E-state index in [0.29, 0.717) is 4.60 Å². The molecule has 96 valence electrons. The number of amides is 1. The van der Waals surface area contributed by atoms with E-state index in [1.807, 2.05) is 0 Å². The highest BCUT2D eigenvalue weighted by atomic mass is 79.9. The summed E-state index contributed by atoms with van der Waals surface area (Å²) in [6, 6.07) is 0. The molecule has 18 heavy (non-hydrogen) atoms. The van der Waals surface area contributed by atoms with Crippen LogP contribution >= 0.6 is 15.9 Å². The Hall–Kier alpha value is -1.70. The molecule has 2 N–H and O–H groups in total. The van der Waals surface area contributed by atoms with Crippen molar-refractivity contribution in [1.82, 2.24) is 9.97 Å². The first-order chi connectivity index (χ1) is 8.52. The summed E-state index contributed by atoms with van der Waals surface area (Å²) in [5.74, 6) is -0.687. The van der Waals surface area contributed by atoms with Crippen molar-refractivity contribution in [2.75, 3.05) is 24.3 Å². The number of carbonyl (C=O) groups is 2. The maximum Gasteiger partial charge on any atom is 0.311 e. The zero-order valence-electron chi connectivity index (χ0n) is 9.59. The zero-order chi connectivity index (χ0) is 13.3. The number of nitrogens with two attached hydrogens (primary N) is 1. The van der Waals surface area contributed by atoms with Crippen molar-refractivity contribution in [3.63, 3.8) is 0 Å². The van der Waals surface area contributed by atoms with E-state index in [4.69, 9.17) is 5.73 Å². The van der Waals surface area contributed by atoms with Crippen LogP contribution in [0.1, 0.15) is 6.42 Å². The minimum absolute atomic E-state index is 0.101. The van der Waals surface area contributed by atoms with Gasteiger partial charge in [0, 0.05) is 13.0 Å². The van der Waals surface area contributed by atoms with Gasteiger partial charge in [0.15, 0.2) is 11.6 Å². The van der Waals surface area contributed by atoms with E-state index in [2.05, 4.69) is 30.6 Å². The van der Waals surface area contributed by atoms with Crippen molar-refractivity contribution in [2.24, 2.45) is 5.92 Å². The minimum atomic E-state index is -0.479. The first kappa shape index (κ1) is 12.7. The summed E-state index contributed by atoms with van der Waals surface area (Å²) in [7, 11) is 1.29. The van der Waals surface area contributed by atoms with Crippen LogP contribution in [0.5, 0.6) is 0 Å². The van der Waals surface area contributed by atoms with E-state index in [1.165, 1.54) is 18.2 Å². The molecule has 0 spiro atoms. The number of ether oxygens (including phenoxy) is 1. The molecule has 8 heteroatoms. The molecule has 0 radical (unpaired) electrons. The van der Waals surface area contributed by atoms with Crippen molar-refractivity contribution < 1.29 is 14.3 Å². The molecule has 1 amide bonds. The van der Waals surface area contributed by atoms with Crippen LogP contribution in [-0.2, 0) is 14.3 Å². The van der Waals surface area contributed by atoms with Gasteiger partial charge in [-0.2, -0.15) is 0 Å². The number of aromatic nitrogens is 2. The number of nitrogen functional groups attached to an aromatic ring is 1. The molecule has 0 saturated carbocycles. The molecule has 1 fully saturated rings. The first-order valence-electron chi connectivity index (χ1n) is 5.19. The van der Waals surface area contributed by atoms with Gasteiger partial charge in [0.05, 0.1) is 19.2 Å². The molecule has 1 aromatic rings. The third-order valence-corrected chi connectivity index (χ3v) is 3.05. The fraction of sp³-hybridized carbons (Fsp3) is 0.400. The van der Waals surface area contributed by atoms with Crippen LogP contribution in [0.3, 0.4) is 0 Å². The van der Waals surface area contributed by atoms with Crippen LogP contribution in [0.15, 0.2) is 10.8 Å². The second-order valence-electron chi connectivity index (χ2n) is 3.83. The second-order valence-corrected chi connectivity index (χ2v) is 4.64. The highest BCUT2D eigenvalue weighted by Gasteiger charge is 2.37. The van der Waals surface area contributed by atoms with E-state index in [1.54, 1.807) is 0 Å². The molecule has 1 saturated heterocycles. The maximum atomic E-state index is 11.8. The molecular weight excluding hydrogens is 304 g/mol. The average molecular weight is 315 g/mol. The van der Waals surface area contributed by atoms with Crippen LogP contribution in [0.2, 0.25) is 0 Å². The van der Waals surface area contributed by atoms with Crippen LogP contribution in [0, 0.1) is 5.92 Å². The van der Waals surface area contributed by atoms with Crippen molar-refractivity contribution in [2.45, 2.75) is 6.42 Å². The summed E-state index contributed by atoms with van der Waals surface area (Å²) in [4.78, 5) is 32.6. The number of halogens is 1. The fourth-order valence-corrected chi connectivity index (χ4v) is 2.11. The highest BCUT2D eigenvalue weighted by Crippen LogP contribution is 2.28. The molecule has 7 nitrogen and oxygen atoms in total. The molecule has 2 rings (SSSR count). The lowest BCUT2D eigenvalue weighted by Crippen LogP contribution is -2.28. The van der Waals surface area contributed by atoms with Crippen molar-refractivity contribution >= 4 is 39.4 Å². The molecule has 1 unspecified atom stereocenters. The SMILES string of the molecule is COC(=O)C1CC(=O)N(c2ncc(Br)nc2N)C1. The largest absolute Gasteiger partial charge is 0.469 e. The van der Waals surface area contributed by atoms with E-state index in [-0.39, 0.29) is 30.5 Å². The Morgan fingerprint density at radius 1 is 1.67 bits per heavy atom. The van der Waals surface area contributed by atoms with Gasteiger partial charge in [0.25, 0.3) is 0 Å². The van der Waals surface area contributed by atoms with Crippen molar-refractivity contribution in [1.29, 1.82) is 0 Å². The molecule has 0 aromatic carbocycles. The fourth-order valence-electron chi connectivity index (χ4n) is 1.82. The first-order valence-corrected chi connectivity index (χ1v) is 5.98. The lowest BCUT2D eigenvalue weighted by Gasteiger charge is -2.16. The van der Waals surface area contributed by atoms with Gasteiger partial charge in [-0.05, 0) is 15.9 Å². The van der Waals surface area contributed by atoms with E-state index in [0.717, 1.165) is 0 Å². The summed E-state index contributed by atoms with van der Waals surface area (Å²) < 4.78 is 5.11. The summed E-state index contributed by atoms with van der Waals surface area (Å²) in [5, 5.41) is 0. The zero-order valence-corrected chi connectivity index (χ0v) is 11.2. The average Bonchev–Trinajstić information content (AvgIpc) is 2.70.